The summed E-state index contributed by atoms with van der Waals surface area (Å²) in [4.78, 5) is 36.3. The van der Waals surface area contributed by atoms with E-state index >= 15 is 0 Å². The lowest BCUT2D eigenvalue weighted by Gasteiger charge is -2.21. The molecule has 0 aliphatic rings. The number of hydrogen-bond donors (Lipinski definition) is 2. The van der Waals surface area contributed by atoms with Crippen molar-refractivity contribution < 1.29 is 19.1 Å². The second-order valence-electron chi connectivity index (χ2n) is 6.26. The maximum Gasteiger partial charge on any atom is 0.321 e. The number of rotatable bonds is 6. The van der Waals surface area contributed by atoms with Gasteiger partial charge in [0.05, 0.1) is 0 Å². The van der Waals surface area contributed by atoms with Crippen LogP contribution in [-0.2, 0) is 20.7 Å². The van der Waals surface area contributed by atoms with E-state index in [1.165, 1.54) is 11.8 Å². The Morgan fingerprint density at radius 1 is 1.30 bits per heavy atom. The number of thiophene rings is 1. The first-order valence-corrected chi connectivity index (χ1v) is 8.40. The second-order valence-corrected chi connectivity index (χ2v) is 7.29. The first-order valence-electron chi connectivity index (χ1n) is 7.52. The molecule has 1 aromatic heterocycles. The Morgan fingerprint density at radius 3 is 2.57 bits per heavy atom. The van der Waals surface area contributed by atoms with E-state index in [0.717, 1.165) is 6.42 Å². The second kappa shape index (κ2) is 8.67. The Kier molecular flexibility index (Phi) is 7.22. The molecule has 3 amide bonds. The third-order valence-electron chi connectivity index (χ3n) is 2.79. The number of nitrogens with one attached hydrogen (secondary N) is 2. The fraction of sp³-hybridized carbons (Fsp3) is 0.562. The van der Waals surface area contributed by atoms with Gasteiger partial charge in [-0.25, -0.2) is 4.79 Å². The van der Waals surface area contributed by atoms with Gasteiger partial charge in [-0.3, -0.25) is 14.9 Å². The molecule has 1 atom stereocenters. The Balaban J connectivity index is 2.27. The van der Waals surface area contributed by atoms with Crippen LogP contribution in [0.1, 0.15) is 45.4 Å². The van der Waals surface area contributed by atoms with Gasteiger partial charge in [-0.1, -0.05) is 6.07 Å². The molecule has 1 rings (SSSR count). The van der Waals surface area contributed by atoms with Gasteiger partial charge in [0.1, 0.15) is 0 Å². The Labute approximate surface area is 140 Å². The monoisotopic (exact) mass is 340 g/mol. The van der Waals surface area contributed by atoms with Gasteiger partial charge in [0, 0.05) is 16.8 Å². The molecule has 2 N–H and O–H groups in total. The number of ether oxygens (including phenoxy) is 1. The molecule has 1 aromatic rings. The highest BCUT2D eigenvalue weighted by Crippen LogP contribution is 2.12. The average molecular weight is 340 g/mol. The summed E-state index contributed by atoms with van der Waals surface area (Å²) < 4.78 is 5.04. The van der Waals surface area contributed by atoms with Crippen LogP contribution in [-0.4, -0.2) is 29.6 Å². The standard InChI is InChI=1S/C16H24N2O4S/c1-11(14(20)17-15(21)18-16(2,3)4)22-13(19)9-5-7-12-8-6-10-23-12/h6,8,10-11H,5,7,9H2,1-4H3,(H2,17,18,20,21)/t11-/m1/s1. The lowest BCUT2D eigenvalue weighted by molar-refractivity contribution is -0.154. The van der Waals surface area contributed by atoms with E-state index in [-0.39, 0.29) is 6.42 Å². The zero-order chi connectivity index (χ0) is 17.5. The van der Waals surface area contributed by atoms with Crippen molar-refractivity contribution in [2.45, 2.75) is 58.6 Å². The van der Waals surface area contributed by atoms with Crippen molar-refractivity contribution in [1.82, 2.24) is 10.6 Å². The lowest BCUT2D eigenvalue weighted by Crippen LogP contribution is -2.50. The molecule has 0 saturated heterocycles. The molecule has 0 aromatic carbocycles. The Morgan fingerprint density at radius 2 is 2.00 bits per heavy atom. The summed E-state index contributed by atoms with van der Waals surface area (Å²) in [5.41, 5.74) is -0.452. The third kappa shape index (κ3) is 8.35. The van der Waals surface area contributed by atoms with Crippen molar-refractivity contribution in [3.05, 3.63) is 22.4 Å². The van der Waals surface area contributed by atoms with Gasteiger partial charge in [0.2, 0.25) is 0 Å². The molecule has 128 valence electrons. The summed E-state index contributed by atoms with van der Waals surface area (Å²) in [6.07, 6.45) is 0.707. The molecule has 23 heavy (non-hydrogen) atoms. The van der Waals surface area contributed by atoms with Crippen LogP contribution in [0.5, 0.6) is 0 Å². The van der Waals surface area contributed by atoms with Gasteiger partial charge in [0.15, 0.2) is 6.10 Å². The quantitative estimate of drug-likeness (QED) is 0.780. The highest BCUT2D eigenvalue weighted by atomic mass is 32.1. The fourth-order valence-electron chi connectivity index (χ4n) is 1.76. The molecule has 0 bridgehead atoms. The van der Waals surface area contributed by atoms with Crippen LogP contribution in [0.4, 0.5) is 4.79 Å². The molecule has 0 aliphatic carbocycles. The molecule has 0 spiro atoms. The van der Waals surface area contributed by atoms with E-state index < -0.39 is 29.6 Å². The van der Waals surface area contributed by atoms with E-state index in [1.54, 1.807) is 32.1 Å². The summed E-state index contributed by atoms with van der Waals surface area (Å²) >= 11 is 1.64. The molecule has 0 aliphatic heterocycles. The summed E-state index contributed by atoms with van der Waals surface area (Å²) in [6.45, 7) is 6.84. The first kappa shape index (κ1) is 19.2. The third-order valence-corrected chi connectivity index (χ3v) is 3.72. The molecular weight excluding hydrogens is 316 g/mol. The zero-order valence-electron chi connectivity index (χ0n) is 14.0. The normalized spacial score (nSPS) is 12.3. The minimum atomic E-state index is -1.00. The summed E-state index contributed by atoms with van der Waals surface area (Å²) in [7, 11) is 0. The molecule has 0 unspecified atom stereocenters. The predicted molar refractivity (Wildman–Crippen MR) is 89.2 cm³/mol. The van der Waals surface area contributed by atoms with E-state index in [2.05, 4.69) is 10.6 Å². The van der Waals surface area contributed by atoms with E-state index in [1.807, 2.05) is 17.5 Å². The Hall–Kier alpha value is -1.89. The first-order chi connectivity index (χ1) is 10.7. The van der Waals surface area contributed by atoms with Crippen molar-refractivity contribution in [3.63, 3.8) is 0 Å². The zero-order valence-corrected chi connectivity index (χ0v) is 14.8. The van der Waals surface area contributed by atoms with Gasteiger partial charge in [-0.2, -0.15) is 0 Å². The predicted octanol–water partition coefficient (Wildman–Crippen LogP) is 2.63. The Bertz CT molecular complexity index is 535. The van der Waals surface area contributed by atoms with Gasteiger partial charge in [-0.15, -0.1) is 11.3 Å². The molecule has 7 heteroatoms. The molecule has 0 radical (unpaired) electrons. The maximum atomic E-state index is 11.8. The van der Waals surface area contributed by atoms with Crippen molar-refractivity contribution in [1.29, 1.82) is 0 Å². The number of esters is 1. The number of imide groups is 1. The van der Waals surface area contributed by atoms with Gasteiger partial charge >= 0.3 is 12.0 Å². The molecule has 6 nitrogen and oxygen atoms in total. The average Bonchev–Trinajstić information content (AvgIpc) is 2.89. The molecule has 1 heterocycles. The number of carbonyl (C=O) groups is 3. The van der Waals surface area contributed by atoms with Crippen LogP contribution in [0.3, 0.4) is 0 Å². The van der Waals surface area contributed by atoms with E-state index in [0.29, 0.717) is 6.42 Å². The largest absolute Gasteiger partial charge is 0.453 e. The maximum absolute atomic E-state index is 11.8. The van der Waals surface area contributed by atoms with Crippen molar-refractivity contribution in [2.24, 2.45) is 0 Å². The number of amides is 3. The topological polar surface area (TPSA) is 84.5 Å². The summed E-state index contributed by atoms with van der Waals surface area (Å²) in [6, 6.07) is 3.37. The van der Waals surface area contributed by atoms with Crippen LogP contribution in [0.15, 0.2) is 17.5 Å². The molecule has 0 fully saturated rings. The highest BCUT2D eigenvalue weighted by molar-refractivity contribution is 7.09. The van der Waals surface area contributed by atoms with Gasteiger partial charge in [0.25, 0.3) is 5.91 Å². The van der Waals surface area contributed by atoms with Gasteiger partial charge < -0.3 is 10.1 Å². The van der Waals surface area contributed by atoms with E-state index in [9.17, 15) is 14.4 Å². The minimum absolute atomic E-state index is 0.240. The summed E-state index contributed by atoms with van der Waals surface area (Å²) in [5, 5.41) is 6.74. The highest BCUT2D eigenvalue weighted by Gasteiger charge is 2.21. The minimum Gasteiger partial charge on any atom is -0.453 e. The van der Waals surface area contributed by atoms with Crippen LogP contribution in [0, 0.1) is 0 Å². The number of hydrogen-bond acceptors (Lipinski definition) is 5. The van der Waals surface area contributed by atoms with Crippen LogP contribution in [0.2, 0.25) is 0 Å². The smallest absolute Gasteiger partial charge is 0.321 e. The SMILES string of the molecule is C[C@@H](OC(=O)CCCc1cccs1)C(=O)NC(=O)NC(C)(C)C. The number of carbonyl (C=O) groups excluding carboxylic acids is 3. The van der Waals surface area contributed by atoms with Crippen molar-refractivity contribution >= 4 is 29.2 Å². The lowest BCUT2D eigenvalue weighted by atomic mass is 10.1. The van der Waals surface area contributed by atoms with Crippen molar-refractivity contribution in [2.75, 3.05) is 0 Å². The van der Waals surface area contributed by atoms with Gasteiger partial charge in [-0.05, 0) is 52.0 Å². The number of aryl methyl sites for hydroxylation is 1. The summed E-state index contributed by atoms with van der Waals surface area (Å²) in [5.74, 6) is -1.08. The molecular formula is C16H24N2O4S. The van der Waals surface area contributed by atoms with Crippen LogP contribution in [0.25, 0.3) is 0 Å². The number of urea groups is 1. The molecule has 0 saturated carbocycles. The van der Waals surface area contributed by atoms with Crippen molar-refractivity contribution in [3.8, 4) is 0 Å². The van der Waals surface area contributed by atoms with E-state index in [4.69, 9.17) is 4.74 Å². The fourth-order valence-corrected chi connectivity index (χ4v) is 2.51. The van der Waals surface area contributed by atoms with Crippen LogP contribution < -0.4 is 10.6 Å². The van der Waals surface area contributed by atoms with Crippen LogP contribution >= 0.6 is 11.3 Å².